The zero-order chi connectivity index (χ0) is 16.1. The van der Waals surface area contributed by atoms with Gasteiger partial charge in [0.25, 0.3) is 5.91 Å². The van der Waals surface area contributed by atoms with E-state index >= 15 is 0 Å². The molecule has 5 heteroatoms. The average Bonchev–Trinajstić information content (AvgIpc) is 2.54. The molecule has 1 amide bonds. The fourth-order valence-electron chi connectivity index (χ4n) is 2.09. The molecule has 0 unspecified atom stereocenters. The molecule has 1 atom stereocenters. The number of rotatable bonds is 5. The lowest BCUT2D eigenvalue weighted by Crippen LogP contribution is -2.26. The molecular formula is C17H18INO3. The highest BCUT2D eigenvalue weighted by Crippen LogP contribution is 2.29. The molecule has 2 aromatic carbocycles. The molecule has 22 heavy (non-hydrogen) atoms. The van der Waals surface area contributed by atoms with E-state index in [1.807, 2.05) is 49.4 Å². The molecule has 0 heterocycles. The number of hydrogen-bond acceptors (Lipinski definition) is 3. The van der Waals surface area contributed by atoms with Crippen molar-refractivity contribution in [3.63, 3.8) is 0 Å². The first kappa shape index (κ1) is 16.6. The predicted molar refractivity (Wildman–Crippen MR) is 94.6 cm³/mol. The number of amides is 1. The van der Waals surface area contributed by atoms with Crippen molar-refractivity contribution in [1.29, 1.82) is 0 Å². The molecule has 2 aromatic rings. The lowest BCUT2D eigenvalue weighted by atomic mass is 10.1. The third-order valence-electron chi connectivity index (χ3n) is 3.36. The molecule has 0 bridgehead atoms. The smallest absolute Gasteiger partial charge is 0.251 e. The maximum atomic E-state index is 12.2. The van der Waals surface area contributed by atoms with Crippen LogP contribution in [-0.4, -0.2) is 20.1 Å². The van der Waals surface area contributed by atoms with Crippen LogP contribution in [-0.2, 0) is 0 Å². The molecule has 0 aliphatic rings. The summed E-state index contributed by atoms with van der Waals surface area (Å²) in [5, 5.41) is 2.98. The standard InChI is InChI=1S/C17H18INO3/c1-11(13-6-9-15(21-2)16(10-13)22-3)19-17(20)12-4-7-14(18)8-5-12/h4-11H,1-3H3,(H,19,20)/t11-/m0/s1. The molecule has 0 aliphatic heterocycles. The maximum Gasteiger partial charge on any atom is 0.251 e. The molecule has 1 N–H and O–H groups in total. The summed E-state index contributed by atoms with van der Waals surface area (Å²) in [6.45, 7) is 1.94. The highest BCUT2D eigenvalue weighted by atomic mass is 127. The van der Waals surface area contributed by atoms with Crippen molar-refractivity contribution in [1.82, 2.24) is 5.32 Å². The van der Waals surface area contributed by atoms with Gasteiger partial charge in [0.2, 0.25) is 0 Å². The van der Waals surface area contributed by atoms with Crippen LogP contribution >= 0.6 is 22.6 Å². The van der Waals surface area contributed by atoms with Crippen molar-refractivity contribution in [2.75, 3.05) is 14.2 Å². The first-order valence-corrected chi connectivity index (χ1v) is 7.91. The van der Waals surface area contributed by atoms with Crippen molar-refractivity contribution in [3.05, 3.63) is 57.2 Å². The van der Waals surface area contributed by atoms with Gasteiger partial charge in [-0.1, -0.05) is 6.07 Å². The molecule has 0 spiro atoms. The first-order chi connectivity index (χ1) is 10.5. The van der Waals surface area contributed by atoms with E-state index < -0.39 is 0 Å². The minimum Gasteiger partial charge on any atom is -0.493 e. The normalized spacial score (nSPS) is 11.6. The molecule has 0 saturated heterocycles. The Bertz CT molecular complexity index is 655. The molecule has 116 valence electrons. The Hall–Kier alpha value is -1.76. The molecular weight excluding hydrogens is 393 g/mol. The Morgan fingerprint density at radius 3 is 2.27 bits per heavy atom. The topological polar surface area (TPSA) is 47.6 Å². The van der Waals surface area contributed by atoms with Gasteiger partial charge in [-0.3, -0.25) is 4.79 Å². The molecule has 0 aliphatic carbocycles. The van der Waals surface area contributed by atoms with Crippen LogP contribution in [0, 0.1) is 3.57 Å². The van der Waals surface area contributed by atoms with Crippen LogP contribution in [0.25, 0.3) is 0 Å². The number of ether oxygens (including phenoxy) is 2. The Morgan fingerprint density at radius 1 is 1.05 bits per heavy atom. The van der Waals surface area contributed by atoms with E-state index in [1.54, 1.807) is 14.2 Å². The molecule has 2 rings (SSSR count). The van der Waals surface area contributed by atoms with E-state index in [9.17, 15) is 4.79 Å². The van der Waals surface area contributed by atoms with Crippen LogP contribution in [0.2, 0.25) is 0 Å². The molecule has 0 radical (unpaired) electrons. The van der Waals surface area contributed by atoms with Crippen LogP contribution in [0.1, 0.15) is 28.9 Å². The summed E-state index contributed by atoms with van der Waals surface area (Å²) in [5.74, 6) is 1.22. The van der Waals surface area contributed by atoms with E-state index in [0.29, 0.717) is 17.1 Å². The molecule has 0 aromatic heterocycles. The Morgan fingerprint density at radius 2 is 1.68 bits per heavy atom. The van der Waals surface area contributed by atoms with Gasteiger partial charge in [-0.25, -0.2) is 0 Å². The SMILES string of the molecule is COc1ccc([C@H](C)NC(=O)c2ccc(I)cc2)cc1OC. The summed E-state index contributed by atoms with van der Waals surface area (Å²) in [6.07, 6.45) is 0. The van der Waals surface area contributed by atoms with Gasteiger partial charge < -0.3 is 14.8 Å². The van der Waals surface area contributed by atoms with E-state index in [2.05, 4.69) is 27.9 Å². The van der Waals surface area contributed by atoms with Crippen LogP contribution in [0.5, 0.6) is 11.5 Å². The minimum atomic E-state index is -0.133. The fourth-order valence-corrected chi connectivity index (χ4v) is 2.45. The highest BCUT2D eigenvalue weighted by Gasteiger charge is 2.13. The van der Waals surface area contributed by atoms with Gasteiger partial charge >= 0.3 is 0 Å². The van der Waals surface area contributed by atoms with Gasteiger partial charge in [0, 0.05) is 9.13 Å². The van der Waals surface area contributed by atoms with Crippen molar-refractivity contribution < 1.29 is 14.3 Å². The van der Waals surface area contributed by atoms with Crippen LogP contribution in [0.4, 0.5) is 0 Å². The third kappa shape index (κ3) is 3.91. The average molecular weight is 411 g/mol. The first-order valence-electron chi connectivity index (χ1n) is 6.83. The van der Waals surface area contributed by atoms with Crippen molar-refractivity contribution in [2.24, 2.45) is 0 Å². The zero-order valence-corrected chi connectivity index (χ0v) is 14.9. The summed E-state index contributed by atoms with van der Waals surface area (Å²) in [7, 11) is 3.19. The number of nitrogens with one attached hydrogen (secondary N) is 1. The van der Waals surface area contributed by atoms with Crippen molar-refractivity contribution in [3.8, 4) is 11.5 Å². The largest absolute Gasteiger partial charge is 0.493 e. The van der Waals surface area contributed by atoms with Crippen molar-refractivity contribution in [2.45, 2.75) is 13.0 Å². The van der Waals surface area contributed by atoms with Crippen LogP contribution in [0.3, 0.4) is 0 Å². The Labute approximate surface area is 144 Å². The van der Waals surface area contributed by atoms with Gasteiger partial charge in [-0.2, -0.15) is 0 Å². The Kier molecular flexibility index (Phi) is 5.65. The summed E-state index contributed by atoms with van der Waals surface area (Å²) < 4.78 is 11.6. The van der Waals surface area contributed by atoms with E-state index in [-0.39, 0.29) is 11.9 Å². The fraction of sp³-hybridized carbons (Fsp3) is 0.235. The highest BCUT2D eigenvalue weighted by molar-refractivity contribution is 14.1. The van der Waals surface area contributed by atoms with E-state index in [4.69, 9.17) is 9.47 Å². The molecule has 4 nitrogen and oxygen atoms in total. The maximum absolute atomic E-state index is 12.2. The second-order valence-corrected chi connectivity index (χ2v) is 6.06. The second kappa shape index (κ2) is 7.49. The van der Waals surface area contributed by atoms with E-state index in [1.165, 1.54) is 0 Å². The van der Waals surface area contributed by atoms with Gasteiger partial charge in [-0.15, -0.1) is 0 Å². The van der Waals surface area contributed by atoms with Gasteiger partial charge in [0.15, 0.2) is 11.5 Å². The number of halogens is 1. The predicted octanol–water partition coefficient (Wildman–Crippen LogP) is 3.80. The number of methoxy groups -OCH3 is 2. The van der Waals surface area contributed by atoms with Crippen LogP contribution < -0.4 is 14.8 Å². The van der Waals surface area contributed by atoms with Gasteiger partial charge in [0.1, 0.15) is 0 Å². The zero-order valence-electron chi connectivity index (χ0n) is 12.7. The number of benzene rings is 2. The van der Waals surface area contributed by atoms with Crippen molar-refractivity contribution >= 4 is 28.5 Å². The quantitative estimate of drug-likeness (QED) is 0.762. The summed E-state index contributed by atoms with van der Waals surface area (Å²) in [5.41, 5.74) is 1.60. The van der Waals surface area contributed by atoms with Gasteiger partial charge in [0.05, 0.1) is 20.3 Å². The molecule has 0 saturated carbocycles. The summed E-state index contributed by atoms with van der Waals surface area (Å²) >= 11 is 2.21. The number of hydrogen-bond donors (Lipinski definition) is 1. The second-order valence-electron chi connectivity index (χ2n) is 4.82. The number of carbonyl (C=O) groups excluding carboxylic acids is 1. The lowest BCUT2D eigenvalue weighted by molar-refractivity contribution is 0.0940. The monoisotopic (exact) mass is 411 g/mol. The summed E-state index contributed by atoms with van der Waals surface area (Å²) in [4.78, 5) is 12.2. The summed E-state index contributed by atoms with van der Waals surface area (Å²) in [6, 6.07) is 13.0. The molecule has 0 fully saturated rings. The van der Waals surface area contributed by atoms with E-state index in [0.717, 1.165) is 9.13 Å². The number of carbonyl (C=O) groups is 1. The van der Waals surface area contributed by atoms with Crippen LogP contribution in [0.15, 0.2) is 42.5 Å². The minimum absolute atomic E-state index is 0.0984. The third-order valence-corrected chi connectivity index (χ3v) is 4.08. The van der Waals surface area contributed by atoms with Gasteiger partial charge in [-0.05, 0) is 71.5 Å². The lowest BCUT2D eigenvalue weighted by Gasteiger charge is -2.16. The Balaban J connectivity index is 2.13.